The number of halogens is 2. The lowest BCUT2D eigenvalue weighted by Crippen LogP contribution is -2.31. The van der Waals surface area contributed by atoms with Gasteiger partial charge >= 0.3 is 11.7 Å². The van der Waals surface area contributed by atoms with Crippen LogP contribution in [0, 0.1) is 5.92 Å². The molecule has 0 fully saturated rings. The summed E-state index contributed by atoms with van der Waals surface area (Å²) < 4.78 is 47.1. The third kappa shape index (κ3) is 7.22. The average Bonchev–Trinajstić information content (AvgIpc) is 2.22. The first-order valence-electron chi connectivity index (χ1n) is 5.28. The molecule has 1 atom stereocenters. The normalized spacial score (nSPS) is 13.9. The smallest absolute Gasteiger partial charge is 0.350 e. The fraction of sp³-hybridized carbons (Fsp3) is 0.889. The van der Waals surface area contributed by atoms with Crippen molar-refractivity contribution in [1.82, 2.24) is 4.72 Å². The van der Waals surface area contributed by atoms with E-state index in [1.54, 1.807) is 4.72 Å². The Bertz CT molecular complexity index is 332. The summed E-state index contributed by atoms with van der Waals surface area (Å²) in [4.78, 5) is 10.3. The molecule has 0 aliphatic heterocycles. The Kier molecular flexibility index (Phi) is 7.21. The van der Waals surface area contributed by atoms with Gasteiger partial charge < -0.3 is 5.11 Å². The lowest BCUT2D eigenvalue weighted by atomic mass is 9.97. The number of carboxylic acid groups (broad SMARTS) is 1. The van der Waals surface area contributed by atoms with E-state index < -0.39 is 21.8 Å². The van der Waals surface area contributed by atoms with E-state index in [1.807, 2.05) is 6.92 Å². The summed E-state index contributed by atoms with van der Waals surface area (Å²) in [7, 11) is -4.53. The van der Waals surface area contributed by atoms with E-state index in [9.17, 15) is 22.0 Å². The van der Waals surface area contributed by atoms with Crippen LogP contribution in [0.25, 0.3) is 0 Å². The number of aliphatic carboxylic acids is 1. The van der Waals surface area contributed by atoms with Gasteiger partial charge in [-0.1, -0.05) is 13.3 Å². The van der Waals surface area contributed by atoms with Crippen molar-refractivity contribution in [3.63, 3.8) is 0 Å². The van der Waals surface area contributed by atoms with Gasteiger partial charge in [-0.25, -0.2) is 13.1 Å². The Morgan fingerprint density at radius 1 is 1.35 bits per heavy atom. The van der Waals surface area contributed by atoms with E-state index in [4.69, 9.17) is 5.11 Å². The van der Waals surface area contributed by atoms with Crippen LogP contribution in [0.15, 0.2) is 0 Å². The number of hydrogen-bond donors (Lipinski definition) is 2. The fourth-order valence-corrected chi connectivity index (χ4v) is 1.88. The first-order valence-corrected chi connectivity index (χ1v) is 6.82. The van der Waals surface area contributed by atoms with Crippen molar-refractivity contribution < 1.29 is 27.1 Å². The Hall–Kier alpha value is -0.760. The Morgan fingerprint density at radius 3 is 2.35 bits per heavy atom. The molecule has 5 nitrogen and oxygen atoms in total. The van der Waals surface area contributed by atoms with Crippen LogP contribution in [0.4, 0.5) is 8.78 Å². The van der Waals surface area contributed by atoms with Gasteiger partial charge in [-0.3, -0.25) is 4.79 Å². The summed E-state index contributed by atoms with van der Waals surface area (Å²) >= 11 is 0. The number of alkyl halides is 2. The van der Waals surface area contributed by atoms with Gasteiger partial charge in [0.1, 0.15) is 0 Å². The van der Waals surface area contributed by atoms with Gasteiger partial charge in [0.05, 0.1) is 0 Å². The molecule has 0 saturated heterocycles. The molecule has 0 amide bonds. The second kappa shape index (κ2) is 7.54. The molecule has 0 bridgehead atoms. The maximum absolute atomic E-state index is 11.9. The second-order valence-corrected chi connectivity index (χ2v) is 5.43. The minimum atomic E-state index is -4.53. The van der Waals surface area contributed by atoms with Gasteiger partial charge in [-0.2, -0.15) is 8.78 Å². The van der Waals surface area contributed by atoms with Crippen molar-refractivity contribution in [1.29, 1.82) is 0 Å². The summed E-state index contributed by atoms with van der Waals surface area (Å²) in [5.41, 5.74) is 0. The highest BCUT2D eigenvalue weighted by Gasteiger charge is 2.23. The summed E-state index contributed by atoms with van der Waals surface area (Å²) in [5.74, 6) is -4.33. The van der Waals surface area contributed by atoms with Crippen LogP contribution in [0.2, 0.25) is 0 Å². The Labute approximate surface area is 99.3 Å². The largest absolute Gasteiger partial charge is 0.481 e. The molecule has 1 unspecified atom stereocenters. The van der Waals surface area contributed by atoms with Crippen molar-refractivity contribution in [3.05, 3.63) is 0 Å². The molecule has 0 saturated carbocycles. The molecule has 0 aromatic rings. The molecule has 2 N–H and O–H groups in total. The molecule has 0 rings (SSSR count). The molecular formula is C9H17F2NO4S. The summed E-state index contributed by atoms with van der Waals surface area (Å²) in [6.45, 7) is 1.75. The highest BCUT2D eigenvalue weighted by molar-refractivity contribution is 7.89. The molecule has 17 heavy (non-hydrogen) atoms. The molecule has 102 valence electrons. The van der Waals surface area contributed by atoms with Crippen LogP contribution in [-0.4, -0.2) is 31.8 Å². The van der Waals surface area contributed by atoms with Gasteiger partial charge in [-0.15, -0.1) is 0 Å². The number of hydrogen-bond acceptors (Lipinski definition) is 3. The lowest BCUT2D eigenvalue weighted by Gasteiger charge is -2.13. The molecule has 0 radical (unpaired) electrons. The molecule has 0 aromatic carbocycles. The van der Waals surface area contributed by atoms with Crippen LogP contribution < -0.4 is 4.72 Å². The minimum absolute atomic E-state index is 0.000103. The van der Waals surface area contributed by atoms with E-state index in [2.05, 4.69) is 0 Å². The van der Waals surface area contributed by atoms with E-state index in [1.165, 1.54) is 0 Å². The highest BCUT2D eigenvalue weighted by Crippen LogP contribution is 2.15. The third-order valence-electron chi connectivity index (χ3n) is 2.43. The van der Waals surface area contributed by atoms with E-state index in [-0.39, 0.29) is 18.9 Å². The molecule has 0 aliphatic rings. The first kappa shape index (κ1) is 16.2. The highest BCUT2D eigenvalue weighted by atomic mass is 32.2. The molecule has 0 spiro atoms. The molecule has 0 heterocycles. The van der Waals surface area contributed by atoms with Crippen molar-refractivity contribution in [2.45, 2.75) is 38.4 Å². The van der Waals surface area contributed by atoms with E-state index in [0.29, 0.717) is 19.3 Å². The second-order valence-electron chi connectivity index (χ2n) is 3.70. The Balaban J connectivity index is 3.96. The van der Waals surface area contributed by atoms with E-state index in [0.717, 1.165) is 0 Å². The maximum Gasteiger partial charge on any atom is 0.350 e. The predicted molar refractivity (Wildman–Crippen MR) is 58.2 cm³/mol. The summed E-state index contributed by atoms with van der Waals surface area (Å²) in [5, 5.41) is 8.47. The van der Waals surface area contributed by atoms with Gasteiger partial charge in [0.15, 0.2) is 0 Å². The minimum Gasteiger partial charge on any atom is -0.481 e. The van der Waals surface area contributed by atoms with Gasteiger partial charge in [0, 0.05) is 13.0 Å². The average molecular weight is 273 g/mol. The monoisotopic (exact) mass is 273 g/mol. The van der Waals surface area contributed by atoms with Crippen LogP contribution in [0.3, 0.4) is 0 Å². The van der Waals surface area contributed by atoms with Crippen LogP contribution in [-0.2, 0) is 14.8 Å². The van der Waals surface area contributed by atoms with Crippen LogP contribution in [0.5, 0.6) is 0 Å². The SMILES string of the molecule is CCC(CCNS(=O)(=O)C(F)F)CCC(=O)O. The zero-order valence-electron chi connectivity index (χ0n) is 9.53. The quantitative estimate of drug-likeness (QED) is 0.665. The topological polar surface area (TPSA) is 83.5 Å². The maximum atomic E-state index is 11.9. The molecule has 0 aliphatic carbocycles. The van der Waals surface area contributed by atoms with Crippen LogP contribution >= 0.6 is 0 Å². The molecular weight excluding hydrogens is 256 g/mol. The predicted octanol–water partition coefficient (Wildman–Crippen LogP) is 1.41. The van der Waals surface area contributed by atoms with Crippen molar-refractivity contribution in [3.8, 4) is 0 Å². The van der Waals surface area contributed by atoms with Crippen molar-refractivity contribution in [2.75, 3.05) is 6.54 Å². The van der Waals surface area contributed by atoms with Crippen molar-refractivity contribution in [2.24, 2.45) is 5.92 Å². The number of sulfonamides is 1. The lowest BCUT2D eigenvalue weighted by molar-refractivity contribution is -0.137. The van der Waals surface area contributed by atoms with Gasteiger partial charge in [0.2, 0.25) is 0 Å². The zero-order chi connectivity index (χ0) is 13.5. The number of nitrogens with one attached hydrogen (secondary N) is 1. The van der Waals surface area contributed by atoms with Crippen LogP contribution in [0.1, 0.15) is 32.6 Å². The number of carboxylic acids is 1. The third-order valence-corrected chi connectivity index (χ3v) is 3.51. The van der Waals surface area contributed by atoms with Gasteiger partial charge in [-0.05, 0) is 18.8 Å². The van der Waals surface area contributed by atoms with Gasteiger partial charge in [0.25, 0.3) is 10.0 Å². The fourth-order valence-electron chi connectivity index (χ4n) is 1.35. The Morgan fingerprint density at radius 2 is 1.94 bits per heavy atom. The number of rotatable bonds is 9. The molecule has 0 aromatic heterocycles. The standard InChI is InChI=1S/C9H17F2NO4S/c1-2-7(3-4-8(13)14)5-6-12-17(15,16)9(10)11/h7,9,12H,2-6H2,1H3,(H,13,14). The first-order chi connectivity index (χ1) is 7.79. The zero-order valence-corrected chi connectivity index (χ0v) is 10.3. The van der Waals surface area contributed by atoms with Crippen molar-refractivity contribution >= 4 is 16.0 Å². The number of carbonyl (C=O) groups is 1. The molecule has 8 heteroatoms. The summed E-state index contributed by atoms with van der Waals surface area (Å²) in [6, 6.07) is 0. The summed E-state index contributed by atoms with van der Waals surface area (Å²) in [6.07, 6.45) is 1.46. The van der Waals surface area contributed by atoms with E-state index >= 15 is 0 Å².